The van der Waals surface area contributed by atoms with E-state index in [0.717, 1.165) is 21.4 Å². The van der Waals surface area contributed by atoms with Crippen molar-refractivity contribution in [2.24, 2.45) is 5.84 Å². The first kappa shape index (κ1) is 16.2. The number of benzene rings is 2. The zero-order valence-corrected chi connectivity index (χ0v) is 14.2. The van der Waals surface area contributed by atoms with Gasteiger partial charge in [-0.1, -0.05) is 34.1 Å². The Balaban J connectivity index is 2.02. The van der Waals surface area contributed by atoms with Crippen LogP contribution in [0, 0.1) is 0 Å². The minimum absolute atomic E-state index is 0.162. The first-order valence-corrected chi connectivity index (χ1v) is 8.00. The van der Waals surface area contributed by atoms with Crippen LogP contribution in [0.3, 0.4) is 0 Å². The fraction of sp³-hybridized carbons (Fsp3) is 0.0588. The lowest BCUT2D eigenvalue weighted by Gasteiger charge is -2.13. The number of hydrogen-bond acceptors (Lipinski definition) is 4. The maximum Gasteiger partial charge on any atom is 0.271 e. The third kappa shape index (κ3) is 3.47. The minimum Gasteiger partial charge on any atom is -0.483 e. The van der Waals surface area contributed by atoms with Gasteiger partial charge in [-0.2, -0.15) is 5.10 Å². The number of aromatic nitrogens is 2. The third-order valence-electron chi connectivity index (χ3n) is 3.38. The zero-order chi connectivity index (χ0) is 16.9. The van der Waals surface area contributed by atoms with E-state index in [2.05, 4.69) is 21.0 Å². The number of nitrogens with two attached hydrogens (primary N) is 1. The molecule has 3 rings (SSSR count). The van der Waals surface area contributed by atoms with E-state index in [1.807, 2.05) is 58.6 Å². The van der Waals surface area contributed by atoms with Gasteiger partial charge in [0.15, 0.2) is 6.61 Å². The summed E-state index contributed by atoms with van der Waals surface area (Å²) < 4.78 is 8.32. The number of amides is 1. The molecule has 24 heavy (non-hydrogen) atoms. The van der Waals surface area contributed by atoms with Crippen LogP contribution in [0.4, 0.5) is 0 Å². The molecule has 6 nitrogen and oxygen atoms in total. The molecule has 122 valence electrons. The lowest BCUT2D eigenvalue weighted by molar-refractivity contribution is -0.123. The Labute approximate surface area is 147 Å². The number of halogens is 1. The van der Waals surface area contributed by atoms with Crippen LogP contribution in [0.5, 0.6) is 5.75 Å². The molecule has 0 aliphatic carbocycles. The number of hydrogen-bond donors (Lipinski definition) is 2. The molecule has 1 aromatic heterocycles. The Morgan fingerprint density at radius 3 is 2.75 bits per heavy atom. The van der Waals surface area contributed by atoms with E-state index < -0.39 is 5.91 Å². The maximum absolute atomic E-state index is 11.4. The van der Waals surface area contributed by atoms with Gasteiger partial charge in [0.1, 0.15) is 5.75 Å². The van der Waals surface area contributed by atoms with E-state index in [0.29, 0.717) is 5.75 Å². The fourth-order valence-corrected chi connectivity index (χ4v) is 2.66. The summed E-state index contributed by atoms with van der Waals surface area (Å²) in [6.45, 7) is -0.162. The molecule has 3 N–H and O–H groups in total. The zero-order valence-electron chi connectivity index (χ0n) is 12.6. The molecule has 1 amide bonds. The summed E-state index contributed by atoms with van der Waals surface area (Å²) in [5.41, 5.74) is 4.65. The topological polar surface area (TPSA) is 82.2 Å². The number of ether oxygens (including phenoxy) is 1. The molecule has 0 aliphatic rings. The molecular formula is C17H15BrN4O2. The van der Waals surface area contributed by atoms with Gasteiger partial charge in [-0.3, -0.25) is 10.2 Å². The second kappa shape index (κ2) is 7.29. The Hall–Kier alpha value is -2.64. The van der Waals surface area contributed by atoms with Crippen molar-refractivity contribution in [3.05, 3.63) is 65.3 Å². The number of para-hydroxylation sites is 1. The average molecular weight is 387 g/mol. The van der Waals surface area contributed by atoms with Crippen molar-refractivity contribution in [2.75, 3.05) is 6.61 Å². The predicted molar refractivity (Wildman–Crippen MR) is 94.5 cm³/mol. The number of nitrogens with zero attached hydrogens (tertiary/aromatic N) is 2. The van der Waals surface area contributed by atoms with Crippen molar-refractivity contribution < 1.29 is 9.53 Å². The molecule has 0 aliphatic heterocycles. The van der Waals surface area contributed by atoms with Crippen LogP contribution in [0.2, 0.25) is 0 Å². The van der Waals surface area contributed by atoms with Crippen LogP contribution >= 0.6 is 15.9 Å². The van der Waals surface area contributed by atoms with Crippen molar-refractivity contribution >= 4 is 21.8 Å². The first-order chi connectivity index (χ1) is 11.7. The summed E-state index contributed by atoms with van der Waals surface area (Å²) in [6, 6.07) is 17.2. The van der Waals surface area contributed by atoms with Gasteiger partial charge in [-0.05, 0) is 36.4 Å². The Kier molecular flexibility index (Phi) is 4.93. The summed E-state index contributed by atoms with van der Waals surface area (Å²) in [5.74, 6) is 5.26. The molecule has 0 bridgehead atoms. The standard InChI is InChI=1S/C17H15BrN4O2/c18-12-6-7-16(24-11-17(23)21-19)14(10-12)15-8-9-20-22(15)13-4-2-1-3-5-13/h1-10H,11,19H2,(H,21,23). The summed E-state index contributed by atoms with van der Waals surface area (Å²) in [5, 5.41) is 4.39. The monoisotopic (exact) mass is 386 g/mol. The van der Waals surface area contributed by atoms with E-state index >= 15 is 0 Å². The summed E-state index contributed by atoms with van der Waals surface area (Å²) in [6.07, 6.45) is 1.72. The van der Waals surface area contributed by atoms with Crippen molar-refractivity contribution in [1.29, 1.82) is 0 Å². The molecule has 0 atom stereocenters. The third-order valence-corrected chi connectivity index (χ3v) is 3.87. The molecule has 1 heterocycles. The highest BCUT2D eigenvalue weighted by atomic mass is 79.9. The number of carbonyl (C=O) groups is 1. The predicted octanol–water partition coefficient (Wildman–Crippen LogP) is 2.67. The Morgan fingerprint density at radius 1 is 1.21 bits per heavy atom. The second-order valence-corrected chi connectivity index (χ2v) is 5.88. The number of carbonyl (C=O) groups excluding carboxylic acids is 1. The number of nitrogens with one attached hydrogen (secondary N) is 1. The molecule has 7 heteroatoms. The average Bonchev–Trinajstić information content (AvgIpc) is 3.10. The molecule has 0 radical (unpaired) electrons. The van der Waals surface area contributed by atoms with Crippen LogP contribution < -0.4 is 16.0 Å². The molecule has 0 saturated heterocycles. The van der Waals surface area contributed by atoms with Crippen LogP contribution in [-0.2, 0) is 4.79 Å². The fourth-order valence-electron chi connectivity index (χ4n) is 2.30. The molecule has 0 spiro atoms. The van der Waals surface area contributed by atoms with Gasteiger partial charge in [-0.15, -0.1) is 0 Å². The highest BCUT2D eigenvalue weighted by molar-refractivity contribution is 9.10. The van der Waals surface area contributed by atoms with Gasteiger partial charge in [-0.25, -0.2) is 10.5 Å². The van der Waals surface area contributed by atoms with Crippen LogP contribution in [0.1, 0.15) is 0 Å². The van der Waals surface area contributed by atoms with Crippen molar-refractivity contribution in [3.63, 3.8) is 0 Å². The van der Waals surface area contributed by atoms with Gasteiger partial charge in [0, 0.05) is 10.0 Å². The highest BCUT2D eigenvalue weighted by Crippen LogP contribution is 2.33. The highest BCUT2D eigenvalue weighted by Gasteiger charge is 2.14. The van der Waals surface area contributed by atoms with Crippen molar-refractivity contribution in [1.82, 2.24) is 15.2 Å². The molecule has 0 unspecified atom stereocenters. The second-order valence-electron chi connectivity index (χ2n) is 4.96. The quantitative estimate of drug-likeness (QED) is 0.401. The lowest BCUT2D eigenvalue weighted by atomic mass is 10.1. The first-order valence-electron chi connectivity index (χ1n) is 7.20. The number of hydrazine groups is 1. The SMILES string of the molecule is NNC(=O)COc1ccc(Br)cc1-c1ccnn1-c1ccccc1. The van der Waals surface area contributed by atoms with E-state index in [9.17, 15) is 4.79 Å². The van der Waals surface area contributed by atoms with Gasteiger partial charge in [0.05, 0.1) is 17.6 Å². The smallest absolute Gasteiger partial charge is 0.271 e. The number of rotatable bonds is 5. The summed E-state index contributed by atoms with van der Waals surface area (Å²) >= 11 is 3.47. The lowest BCUT2D eigenvalue weighted by Crippen LogP contribution is -2.34. The Bertz CT molecular complexity index is 849. The normalized spacial score (nSPS) is 10.4. The van der Waals surface area contributed by atoms with E-state index in [1.54, 1.807) is 12.3 Å². The van der Waals surface area contributed by atoms with E-state index in [4.69, 9.17) is 10.6 Å². The van der Waals surface area contributed by atoms with Gasteiger partial charge < -0.3 is 4.74 Å². The molecule has 0 fully saturated rings. The largest absolute Gasteiger partial charge is 0.483 e. The summed E-state index contributed by atoms with van der Waals surface area (Å²) in [7, 11) is 0. The van der Waals surface area contributed by atoms with Gasteiger partial charge >= 0.3 is 0 Å². The van der Waals surface area contributed by atoms with Gasteiger partial charge in [0.25, 0.3) is 5.91 Å². The van der Waals surface area contributed by atoms with Crippen molar-refractivity contribution in [2.45, 2.75) is 0 Å². The molecule has 2 aromatic carbocycles. The Morgan fingerprint density at radius 2 is 2.00 bits per heavy atom. The van der Waals surface area contributed by atoms with E-state index in [1.165, 1.54) is 0 Å². The van der Waals surface area contributed by atoms with Crippen LogP contribution in [-0.4, -0.2) is 22.3 Å². The maximum atomic E-state index is 11.4. The molecular weight excluding hydrogens is 372 g/mol. The van der Waals surface area contributed by atoms with Crippen molar-refractivity contribution in [3.8, 4) is 22.7 Å². The molecule has 3 aromatic rings. The van der Waals surface area contributed by atoms with Crippen LogP contribution in [0.15, 0.2) is 65.3 Å². The summed E-state index contributed by atoms with van der Waals surface area (Å²) in [4.78, 5) is 11.4. The van der Waals surface area contributed by atoms with E-state index in [-0.39, 0.29) is 6.61 Å². The minimum atomic E-state index is -0.402. The van der Waals surface area contributed by atoms with Crippen LogP contribution in [0.25, 0.3) is 16.9 Å². The van der Waals surface area contributed by atoms with Gasteiger partial charge in [0.2, 0.25) is 0 Å². The molecule has 0 saturated carbocycles.